The highest BCUT2D eigenvalue weighted by Gasteiger charge is 2.24. The van der Waals surface area contributed by atoms with Crippen LogP contribution in [0.25, 0.3) is 0 Å². The molecule has 0 saturated carbocycles. The van der Waals surface area contributed by atoms with Gasteiger partial charge in [-0.15, -0.1) is 0 Å². The number of esters is 2. The summed E-state index contributed by atoms with van der Waals surface area (Å²) in [7, 11) is -3.18. The molecule has 0 aromatic heterocycles. The van der Waals surface area contributed by atoms with E-state index in [0.29, 0.717) is 6.42 Å². The first-order chi connectivity index (χ1) is 21.8. The van der Waals surface area contributed by atoms with E-state index >= 15 is 0 Å². The summed E-state index contributed by atoms with van der Waals surface area (Å²) in [6.45, 7) is 3.88. The van der Waals surface area contributed by atoms with E-state index < -0.39 is 26.5 Å². The van der Waals surface area contributed by atoms with Crippen LogP contribution in [0, 0.1) is 0 Å². The molecule has 0 saturated heterocycles. The van der Waals surface area contributed by atoms with Crippen LogP contribution < -0.4 is 0 Å². The molecule has 0 fully saturated rings. The van der Waals surface area contributed by atoms with Crippen LogP contribution >= 0.6 is 7.82 Å². The first-order valence-corrected chi connectivity index (χ1v) is 20.2. The lowest BCUT2D eigenvalue weighted by Crippen LogP contribution is -2.29. The van der Waals surface area contributed by atoms with Gasteiger partial charge in [0.05, 0.1) is 6.61 Å². The second kappa shape index (κ2) is 33.0. The van der Waals surface area contributed by atoms with Gasteiger partial charge in [-0.05, 0) is 12.8 Å². The van der Waals surface area contributed by atoms with Crippen LogP contribution in [-0.2, 0) is 32.7 Å². The van der Waals surface area contributed by atoms with Crippen LogP contribution in [0.5, 0.6) is 0 Å². The zero-order valence-electron chi connectivity index (χ0n) is 29.5. The molecule has 9 heteroatoms. The molecule has 45 heavy (non-hydrogen) atoms. The summed E-state index contributed by atoms with van der Waals surface area (Å²) in [5, 5.41) is 0. The van der Waals surface area contributed by atoms with Crippen molar-refractivity contribution in [2.24, 2.45) is 0 Å². The van der Waals surface area contributed by atoms with E-state index in [1.165, 1.54) is 128 Å². The number of carbonyl (C=O) groups is 2. The van der Waals surface area contributed by atoms with Gasteiger partial charge in [0.2, 0.25) is 0 Å². The molecule has 8 nitrogen and oxygen atoms in total. The fraction of sp³-hybridized carbons (Fsp3) is 0.944. The highest BCUT2D eigenvalue weighted by molar-refractivity contribution is 7.47. The number of hydrogen-bond donors (Lipinski definition) is 1. The van der Waals surface area contributed by atoms with Crippen LogP contribution in [0.1, 0.15) is 194 Å². The predicted molar refractivity (Wildman–Crippen MR) is 184 cm³/mol. The molecular formula is C36H71O8P. The molecule has 268 valence electrons. The summed E-state index contributed by atoms with van der Waals surface area (Å²) >= 11 is 0. The van der Waals surface area contributed by atoms with Crippen molar-refractivity contribution in [1.82, 2.24) is 0 Å². The van der Waals surface area contributed by atoms with Crippen molar-refractivity contribution in [2.45, 2.75) is 200 Å². The van der Waals surface area contributed by atoms with Gasteiger partial charge in [0.1, 0.15) is 6.61 Å². The van der Waals surface area contributed by atoms with Crippen LogP contribution in [0.15, 0.2) is 0 Å². The van der Waals surface area contributed by atoms with Crippen molar-refractivity contribution < 1.29 is 37.6 Å². The molecule has 2 atom stereocenters. The molecule has 0 rings (SSSR count). The lowest BCUT2D eigenvalue weighted by Gasteiger charge is -2.19. The Hall–Kier alpha value is -0.950. The third-order valence-corrected chi connectivity index (χ3v) is 9.29. The third kappa shape index (κ3) is 32.8. The van der Waals surface area contributed by atoms with Crippen molar-refractivity contribution in [3.05, 3.63) is 0 Å². The Kier molecular flexibility index (Phi) is 32.3. The molecule has 0 aliphatic heterocycles. The van der Waals surface area contributed by atoms with Crippen molar-refractivity contribution in [1.29, 1.82) is 0 Å². The van der Waals surface area contributed by atoms with E-state index in [0.717, 1.165) is 45.6 Å². The van der Waals surface area contributed by atoms with Crippen molar-refractivity contribution in [3.63, 3.8) is 0 Å². The van der Waals surface area contributed by atoms with Gasteiger partial charge in [0.25, 0.3) is 0 Å². The number of ether oxygens (including phenoxy) is 2. The van der Waals surface area contributed by atoms with Crippen molar-refractivity contribution in [2.75, 3.05) is 20.3 Å². The normalized spacial score (nSPS) is 13.4. The predicted octanol–water partition coefficient (Wildman–Crippen LogP) is 11.2. The second-order valence-corrected chi connectivity index (χ2v) is 14.3. The van der Waals surface area contributed by atoms with Crippen LogP contribution in [0.3, 0.4) is 0 Å². The highest BCUT2D eigenvalue weighted by atomic mass is 31.2. The number of phosphoric ester groups is 1. The summed E-state index contributed by atoms with van der Waals surface area (Å²) in [4.78, 5) is 34.2. The topological polar surface area (TPSA) is 108 Å². The molecule has 0 aromatic rings. The molecule has 0 heterocycles. The molecule has 0 radical (unpaired) electrons. The SMILES string of the molecule is CCCCCCCCCCCCCCCCCC(=O)OC(COC(=O)CCCCCCCCCCCCC)COP(=O)(O)OC. The average Bonchev–Trinajstić information content (AvgIpc) is 3.03. The molecule has 0 aliphatic carbocycles. The van der Waals surface area contributed by atoms with Crippen LogP contribution in [0.2, 0.25) is 0 Å². The Balaban J connectivity index is 4.02. The van der Waals surface area contributed by atoms with Crippen molar-refractivity contribution in [3.8, 4) is 0 Å². The van der Waals surface area contributed by atoms with Crippen LogP contribution in [0.4, 0.5) is 0 Å². The number of phosphoric acid groups is 1. The van der Waals surface area contributed by atoms with Gasteiger partial charge in [-0.3, -0.25) is 18.6 Å². The molecule has 0 bridgehead atoms. The summed E-state index contributed by atoms with van der Waals surface area (Å²) in [6, 6.07) is 0. The Labute approximate surface area is 277 Å². The fourth-order valence-corrected chi connectivity index (χ4v) is 5.88. The fourth-order valence-electron chi connectivity index (χ4n) is 5.42. The van der Waals surface area contributed by atoms with Gasteiger partial charge in [-0.25, -0.2) is 4.57 Å². The van der Waals surface area contributed by atoms with Gasteiger partial charge in [0.15, 0.2) is 6.10 Å². The van der Waals surface area contributed by atoms with E-state index in [2.05, 4.69) is 18.4 Å². The minimum Gasteiger partial charge on any atom is -0.462 e. The lowest BCUT2D eigenvalue weighted by atomic mass is 10.0. The number of unbranched alkanes of at least 4 members (excludes halogenated alkanes) is 24. The van der Waals surface area contributed by atoms with Crippen molar-refractivity contribution >= 4 is 19.8 Å². The number of carbonyl (C=O) groups excluding carboxylic acids is 2. The Morgan fingerprint density at radius 1 is 0.533 bits per heavy atom. The first kappa shape index (κ1) is 44.0. The maximum Gasteiger partial charge on any atom is 0.472 e. The van der Waals surface area contributed by atoms with E-state index in [1.54, 1.807) is 0 Å². The maximum absolute atomic E-state index is 12.4. The molecule has 0 aromatic carbocycles. The highest BCUT2D eigenvalue weighted by Crippen LogP contribution is 2.42. The lowest BCUT2D eigenvalue weighted by molar-refractivity contribution is -0.161. The van der Waals surface area contributed by atoms with Gasteiger partial charge in [0, 0.05) is 20.0 Å². The van der Waals surface area contributed by atoms with Gasteiger partial charge in [-0.2, -0.15) is 0 Å². The van der Waals surface area contributed by atoms with E-state index in [-0.39, 0.29) is 19.0 Å². The molecular weight excluding hydrogens is 591 g/mol. The quantitative estimate of drug-likeness (QED) is 0.0406. The summed E-state index contributed by atoms with van der Waals surface area (Å²) in [5.74, 6) is -0.793. The first-order valence-electron chi connectivity index (χ1n) is 18.7. The van der Waals surface area contributed by atoms with Gasteiger partial charge in [-0.1, -0.05) is 168 Å². The smallest absolute Gasteiger partial charge is 0.462 e. The molecule has 1 N–H and O–H groups in total. The minimum absolute atomic E-state index is 0.217. The summed E-state index contributed by atoms with van der Waals surface area (Å²) < 4.78 is 31.8. The number of hydrogen-bond acceptors (Lipinski definition) is 7. The largest absolute Gasteiger partial charge is 0.472 e. The van der Waals surface area contributed by atoms with E-state index in [1.807, 2.05) is 0 Å². The summed E-state index contributed by atoms with van der Waals surface area (Å²) in [5.41, 5.74) is 0. The molecule has 0 aliphatic rings. The van der Waals surface area contributed by atoms with E-state index in [9.17, 15) is 19.0 Å². The number of rotatable bonds is 35. The second-order valence-electron chi connectivity index (χ2n) is 12.7. The molecule has 0 amide bonds. The van der Waals surface area contributed by atoms with E-state index in [4.69, 9.17) is 14.0 Å². The van der Waals surface area contributed by atoms with Crippen LogP contribution in [-0.4, -0.2) is 43.3 Å². The third-order valence-electron chi connectivity index (χ3n) is 8.35. The zero-order valence-corrected chi connectivity index (χ0v) is 30.4. The standard InChI is InChI=1S/C36H71O8P/c1-4-6-8-10-12-14-16-17-18-19-21-23-25-27-29-31-36(38)44-34(33-43-45(39,40)41-3)32-42-35(37)30-28-26-24-22-20-15-13-11-9-7-5-2/h34H,4-33H2,1-3H3,(H,39,40). The average molecular weight is 663 g/mol. The maximum atomic E-state index is 12.4. The Morgan fingerprint density at radius 3 is 1.22 bits per heavy atom. The Bertz CT molecular complexity index is 717. The molecule has 0 spiro atoms. The zero-order chi connectivity index (χ0) is 33.3. The van der Waals surface area contributed by atoms with Gasteiger partial charge < -0.3 is 14.4 Å². The Morgan fingerprint density at radius 2 is 0.867 bits per heavy atom. The summed E-state index contributed by atoms with van der Waals surface area (Å²) in [6.07, 6.45) is 31.5. The van der Waals surface area contributed by atoms with Gasteiger partial charge >= 0.3 is 19.8 Å². The molecule has 2 unspecified atom stereocenters. The minimum atomic E-state index is -4.24. The monoisotopic (exact) mass is 662 g/mol.